The topological polar surface area (TPSA) is 40.5 Å². The van der Waals surface area contributed by atoms with E-state index in [4.69, 9.17) is 0 Å². The second-order valence-corrected chi connectivity index (χ2v) is 8.19. The Morgan fingerprint density at radius 2 is 1.09 bits per heavy atom. The maximum absolute atomic E-state index is 10.3. The molecule has 0 aliphatic carbocycles. The summed E-state index contributed by atoms with van der Waals surface area (Å²) >= 11 is 3.17. The number of rotatable bonds is 6. The van der Waals surface area contributed by atoms with Crippen molar-refractivity contribution in [3.8, 4) is 0 Å². The SMILES string of the molecule is Cc1ccc(SC(Sc2ccc(C)cc2)[C@@H](O)C(C)O)cc1. The normalized spacial score (nSPS) is 14.1. The number of aliphatic hydroxyl groups excluding tert-OH is 2. The zero-order chi connectivity index (χ0) is 16.1. The Morgan fingerprint density at radius 1 is 0.727 bits per heavy atom. The highest BCUT2D eigenvalue weighted by molar-refractivity contribution is 8.17. The van der Waals surface area contributed by atoms with Crippen molar-refractivity contribution >= 4 is 23.5 Å². The Bertz CT molecular complexity index is 532. The second-order valence-electron chi connectivity index (χ2n) is 5.46. The van der Waals surface area contributed by atoms with Gasteiger partial charge in [-0.25, -0.2) is 0 Å². The number of hydrogen-bond donors (Lipinski definition) is 2. The average molecular weight is 335 g/mol. The van der Waals surface area contributed by atoms with Gasteiger partial charge in [-0.05, 0) is 45.0 Å². The summed E-state index contributed by atoms with van der Waals surface area (Å²) in [6.45, 7) is 5.73. The lowest BCUT2D eigenvalue weighted by Gasteiger charge is -2.24. The van der Waals surface area contributed by atoms with Gasteiger partial charge >= 0.3 is 0 Å². The number of hydrogen-bond acceptors (Lipinski definition) is 4. The largest absolute Gasteiger partial charge is 0.391 e. The first kappa shape index (κ1) is 17.4. The third-order valence-corrected chi connectivity index (χ3v) is 6.01. The summed E-state index contributed by atoms with van der Waals surface area (Å²) in [6, 6.07) is 16.5. The maximum atomic E-state index is 10.3. The predicted molar refractivity (Wildman–Crippen MR) is 95.5 cm³/mol. The highest BCUT2D eigenvalue weighted by Gasteiger charge is 2.25. The van der Waals surface area contributed by atoms with E-state index < -0.39 is 12.2 Å². The standard InChI is InChI=1S/C18H22O2S2/c1-12-4-8-15(9-5-12)21-18(17(20)14(3)19)22-16-10-6-13(2)7-11-16/h4-11,14,17-20H,1-3H3/t14?,17-/m0/s1. The number of thioether (sulfide) groups is 2. The molecule has 118 valence electrons. The quantitative estimate of drug-likeness (QED) is 0.612. The van der Waals surface area contributed by atoms with Crippen molar-refractivity contribution in [2.45, 2.75) is 47.4 Å². The van der Waals surface area contributed by atoms with E-state index in [1.54, 1.807) is 30.4 Å². The van der Waals surface area contributed by atoms with Crippen LogP contribution in [0, 0.1) is 13.8 Å². The van der Waals surface area contributed by atoms with Crippen molar-refractivity contribution in [2.75, 3.05) is 0 Å². The first-order chi connectivity index (χ1) is 10.5. The molecular formula is C18H22O2S2. The van der Waals surface area contributed by atoms with Crippen LogP contribution in [-0.4, -0.2) is 27.0 Å². The number of benzene rings is 2. The maximum Gasteiger partial charge on any atom is 0.101 e. The Balaban J connectivity index is 2.15. The van der Waals surface area contributed by atoms with Crippen LogP contribution in [0.15, 0.2) is 58.3 Å². The molecule has 2 N–H and O–H groups in total. The molecule has 22 heavy (non-hydrogen) atoms. The van der Waals surface area contributed by atoms with Gasteiger partial charge in [-0.15, -0.1) is 23.5 Å². The lowest BCUT2D eigenvalue weighted by Crippen LogP contribution is -2.31. The fraction of sp³-hybridized carbons (Fsp3) is 0.333. The predicted octanol–water partition coefficient (Wildman–Crippen LogP) is 4.26. The smallest absolute Gasteiger partial charge is 0.101 e. The molecule has 2 nitrogen and oxygen atoms in total. The summed E-state index contributed by atoms with van der Waals surface area (Å²) in [5.41, 5.74) is 2.42. The molecule has 0 fully saturated rings. The Kier molecular flexibility index (Phi) is 6.38. The zero-order valence-electron chi connectivity index (χ0n) is 13.1. The van der Waals surface area contributed by atoms with E-state index >= 15 is 0 Å². The van der Waals surface area contributed by atoms with E-state index in [1.807, 2.05) is 0 Å². The van der Waals surface area contributed by atoms with Crippen LogP contribution in [0.25, 0.3) is 0 Å². The van der Waals surface area contributed by atoms with Crippen molar-refractivity contribution in [1.82, 2.24) is 0 Å². The van der Waals surface area contributed by atoms with Gasteiger partial charge in [0, 0.05) is 9.79 Å². The number of aryl methyl sites for hydroxylation is 2. The lowest BCUT2D eigenvalue weighted by atomic mass is 10.2. The molecule has 2 atom stereocenters. The Morgan fingerprint density at radius 3 is 1.41 bits per heavy atom. The Hall–Kier alpha value is -0.940. The van der Waals surface area contributed by atoms with Gasteiger partial charge in [0.2, 0.25) is 0 Å². The number of aliphatic hydroxyl groups is 2. The fourth-order valence-electron chi connectivity index (χ4n) is 1.89. The molecule has 0 saturated heterocycles. The first-order valence-corrected chi connectivity index (χ1v) is 9.04. The second kappa shape index (κ2) is 8.06. The average Bonchev–Trinajstić information content (AvgIpc) is 2.50. The van der Waals surface area contributed by atoms with Crippen LogP contribution in [0.5, 0.6) is 0 Å². The summed E-state index contributed by atoms with van der Waals surface area (Å²) < 4.78 is -0.162. The minimum absolute atomic E-state index is 0.162. The van der Waals surface area contributed by atoms with Gasteiger partial charge < -0.3 is 10.2 Å². The summed E-state index contributed by atoms with van der Waals surface area (Å²) in [4.78, 5) is 2.19. The van der Waals surface area contributed by atoms with Crippen molar-refractivity contribution in [2.24, 2.45) is 0 Å². The molecule has 0 radical (unpaired) electrons. The van der Waals surface area contributed by atoms with Crippen LogP contribution in [0.3, 0.4) is 0 Å². The van der Waals surface area contributed by atoms with E-state index in [1.165, 1.54) is 11.1 Å². The molecule has 0 aromatic heterocycles. The van der Waals surface area contributed by atoms with Crippen LogP contribution >= 0.6 is 23.5 Å². The van der Waals surface area contributed by atoms with Gasteiger partial charge in [-0.1, -0.05) is 35.4 Å². The minimum atomic E-state index is -0.794. The van der Waals surface area contributed by atoms with E-state index in [-0.39, 0.29) is 4.58 Å². The molecular weight excluding hydrogens is 312 g/mol. The molecule has 2 aromatic carbocycles. The molecule has 0 saturated carbocycles. The van der Waals surface area contributed by atoms with E-state index in [0.29, 0.717) is 0 Å². The fourth-order valence-corrected chi connectivity index (χ4v) is 4.61. The highest BCUT2D eigenvalue weighted by Crippen LogP contribution is 2.38. The van der Waals surface area contributed by atoms with E-state index in [0.717, 1.165) is 9.79 Å². The summed E-state index contributed by atoms with van der Waals surface area (Å²) in [5.74, 6) is 0. The zero-order valence-corrected chi connectivity index (χ0v) is 14.7. The highest BCUT2D eigenvalue weighted by atomic mass is 32.2. The molecule has 0 bridgehead atoms. The third-order valence-electron chi connectivity index (χ3n) is 3.32. The van der Waals surface area contributed by atoms with Gasteiger partial charge in [-0.2, -0.15) is 0 Å². The van der Waals surface area contributed by atoms with Gasteiger partial charge in [0.15, 0.2) is 0 Å². The van der Waals surface area contributed by atoms with Crippen LogP contribution in [0.1, 0.15) is 18.1 Å². The monoisotopic (exact) mass is 334 g/mol. The first-order valence-electron chi connectivity index (χ1n) is 7.28. The molecule has 0 aliphatic heterocycles. The van der Waals surface area contributed by atoms with Crippen LogP contribution in [0.4, 0.5) is 0 Å². The van der Waals surface area contributed by atoms with E-state index in [2.05, 4.69) is 62.4 Å². The van der Waals surface area contributed by atoms with Crippen LogP contribution < -0.4 is 0 Å². The van der Waals surface area contributed by atoms with Gasteiger partial charge in [0.1, 0.15) is 6.10 Å². The summed E-state index contributed by atoms with van der Waals surface area (Å²) in [5, 5.41) is 20.1. The molecule has 0 aliphatic rings. The van der Waals surface area contributed by atoms with Crippen molar-refractivity contribution in [1.29, 1.82) is 0 Å². The van der Waals surface area contributed by atoms with Gasteiger partial charge in [0.05, 0.1) is 10.7 Å². The summed E-state index contributed by atoms with van der Waals surface area (Å²) in [7, 11) is 0. The van der Waals surface area contributed by atoms with Gasteiger partial charge in [-0.3, -0.25) is 0 Å². The Labute approximate surface area is 141 Å². The molecule has 0 heterocycles. The van der Waals surface area contributed by atoms with Crippen LogP contribution in [0.2, 0.25) is 0 Å². The molecule has 2 aromatic rings. The van der Waals surface area contributed by atoms with Gasteiger partial charge in [0.25, 0.3) is 0 Å². The van der Waals surface area contributed by atoms with E-state index in [9.17, 15) is 10.2 Å². The molecule has 2 rings (SSSR count). The molecule has 0 spiro atoms. The van der Waals surface area contributed by atoms with Crippen molar-refractivity contribution < 1.29 is 10.2 Å². The van der Waals surface area contributed by atoms with Crippen molar-refractivity contribution in [3.05, 3.63) is 59.7 Å². The lowest BCUT2D eigenvalue weighted by molar-refractivity contribution is 0.0422. The minimum Gasteiger partial charge on any atom is -0.391 e. The molecule has 4 heteroatoms. The third kappa shape index (κ3) is 5.06. The summed E-state index contributed by atoms with van der Waals surface area (Å²) in [6.07, 6.45) is -1.56. The van der Waals surface area contributed by atoms with Crippen LogP contribution in [-0.2, 0) is 0 Å². The van der Waals surface area contributed by atoms with Crippen molar-refractivity contribution in [3.63, 3.8) is 0 Å². The molecule has 1 unspecified atom stereocenters. The molecule has 0 amide bonds.